The minimum Gasteiger partial charge on any atom is -0.297 e. The molecule has 5 heteroatoms. The van der Waals surface area contributed by atoms with Crippen molar-refractivity contribution in [2.75, 3.05) is 0 Å². The summed E-state index contributed by atoms with van der Waals surface area (Å²) in [5.41, 5.74) is 1.66. The van der Waals surface area contributed by atoms with Crippen LogP contribution in [0.15, 0.2) is 18.2 Å². The van der Waals surface area contributed by atoms with Crippen molar-refractivity contribution in [3.63, 3.8) is 0 Å². The minimum absolute atomic E-state index is 0.240. The highest BCUT2D eigenvalue weighted by molar-refractivity contribution is 7.71. The van der Waals surface area contributed by atoms with Gasteiger partial charge in [-0.1, -0.05) is 0 Å². The van der Waals surface area contributed by atoms with E-state index in [9.17, 15) is 4.39 Å². The van der Waals surface area contributed by atoms with E-state index in [1.807, 2.05) is 17.6 Å². The zero-order valence-corrected chi connectivity index (χ0v) is 10.2. The van der Waals surface area contributed by atoms with Crippen LogP contribution >= 0.6 is 12.2 Å². The Kier molecular flexibility index (Phi) is 2.36. The number of aromatic nitrogens is 3. The average Bonchev–Trinajstić information content (AvgIpc) is 3.01. The van der Waals surface area contributed by atoms with Gasteiger partial charge in [0.25, 0.3) is 0 Å². The second kappa shape index (κ2) is 3.77. The summed E-state index contributed by atoms with van der Waals surface area (Å²) in [5, 5.41) is 7.00. The Morgan fingerprint density at radius 1 is 1.41 bits per heavy atom. The predicted molar refractivity (Wildman–Crippen MR) is 65.8 cm³/mol. The van der Waals surface area contributed by atoms with E-state index in [1.165, 1.54) is 12.1 Å². The molecule has 1 fully saturated rings. The van der Waals surface area contributed by atoms with Gasteiger partial charge in [-0.15, -0.1) is 0 Å². The van der Waals surface area contributed by atoms with Gasteiger partial charge in [-0.05, 0) is 55.7 Å². The van der Waals surface area contributed by atoms with E-state index in [4.69, 9.17) is 12.2 Å². The molecular formula is C12H12FN3S. The van der Waals surface area contributed by atoms with Crippen LogP contribution in [-0.2, 0) is 0 Å². The number of aromatic amines is 1. The highest BCUT2D eigenvalue weighted by atomic mass is 32.1. The number of H-pyrrole nitrogens is 1. The fourth-order valence-electron chi connectivity index (χ4n) is 2.05. The molecule has 2 aromatic rings. The number of hydrogen-bond donors (Lipinski definition) is 1. The molecule has 0 aliphatic heterocycles. The molecule has 1 aromatic carbocycles. The van der Waals surface area contributed by atoms with E-state index in [1.54, 1.807) is 0 Å². The maximum atomic E-state index is 13.4. The first-order valence-electron chi connectivity index (χ1n) is 5.59. The van der Waals surface area contributed by atoms with Crippen molar-refractivity contribution in [1.29, 1.82) is 0 Å². The summed E-state index contributed by atoms with van der Waals surface area (Å²) in [6, 6.07) is 5.36. The first-order chi connectivity index (χ1) is 8.15. The summed E-state index contributed by atoms with van der Waals surface area (Å²) in [6.45, 7) is 1.87. The number of halogens is 1. The Morgan fingerprint density at radius 3 is 2.82 bits per heavy atom. The van der Waals surface area contributed by atoms with Crippen molar-refractivity contribution in [1.82, 2.24) is 14.8 Å². The normalized spacial score (nSPS) is 15.2. The summed E-state index contributed by atoms with van der Waals surface area (Å²) < 4.78 is 16.0. The lowest BCUT2D eigenvalue weighted by Gasteiger charge is -2.05. The van der Waals surface area contributed by atoms with Crippen LogP contribution < -0.4 is 0 Å². The van der Waals surface area contributed by atoms with Gasteiger partial charge in [-0.25, -0.2) is 4.39 Å². The molecule has 1 aliphatic rings. The Balaban J connectivity index is 2.17. The Bertz CT molecular complexity index is 605. The van der Waals surface area contributed by atoms with Crippen LogP contribution in [0, 0.1) is 17.5 Å². The van der Waals surface area contributed by atoms with Crippen LogP contribution in [0.5, 0.6) is 0 Å². The van der Waals surface area contributed by atoms with E-state index in [-0.39, 0.29) is 5.82 Å². The molecule has 1 saturated carbocycles. The van der Waals surface area contributed by atoms with Gasteiger partial charge in [0.05, 0.1) is 0 Å². The van der Waals surface area contributed by atoms with Crippen molar-refractivity contribution >= 4 is 12.2 Å². The van der Waals surface area contributed by atoms with Gasteiger partial charge in [-0.3, -0.25) is 9.67 Å². The summed E-state index contributed by atoms with van der Waals surface area (Å²) in [5.74, 6) is 0.497. The summed E-state index contributed by atoms with van der Waals surface area (Å²) in [7, 11) is 0. The number of hydrogen-bond acceptors (Lipinski definition) is 2. The monoisotopic (exact) mass is 249 g/mol. The summed E-state index contributed by atoms with van der Waals surface area (Å²) >= 11 is 5.21. The summed E-state index contributed by atoms with van der Waals surface area (Å²) in [4.78, 5) is 0. The molecule has 0 unspecified atom stereocenters. The second-order valence-corrected chi connectivity index (χ2v) is 4.86. The maximum Gasteiger partial charge on any atom is 0.195 e. The van der Waals surface area contributed by atoms with Crippen molar-refractivity contribution in [2.24, 2.45) is 0 Å². The predicted octanol–water partition coefficient (Wildman–Crippen LogP) is 3.39. The van der Waals surface area contributed by atoms with Crippen LogP contribution in [-0.4, -0.2) is 14.8 Å². The number of nitrogens with zero attached hydrogens (tertiary/aromatic N) is 2. The third kappa shape index (κ3) is 1.91. The summed E-state index contributed by atoms with van der Waals surface area (Å²) in [6.07, 6.45) is 2.24. The molecule has 0 bridgehead atoms. The third-order valence-electron chi connectivity index (χ3n) is 2.92. The van der Waals surface area contributed by atoms with Gasteiger partial charge in [0.1, 0.15) is 5.82 Å². The maximum absolute atomic E-state index is 13.4. The molecule has 0 saturated heterocycles. The van der Waals surface area contributed by atoms with E-state index in [0.717, 1.165) is 29.8 Å². The smallest absolute Gasteiger partial charge is 0.195 e. The van der Waals surface area contributed by atoms with Gasteiger partial charge < -0.3 is 0 Å². The van der Waals surface area contributed by atoms with Gasteiger partial charge in [0.2, 0.25) is 0 Å². The van der Waals surface area contributed by atoms with Gasteiger partial charge in [-0.2, -0.15) is 5.10 Å². The van der Waals surface area contributed by atoms with Crippen LogP contribution in [0.2, 0.25) is 0 Å². The molecule has 88 valence electrons. The van der Waals surface area contributed by atoms with E-state index < -0.39 is 0 Å². The van der Waals surface area contributed by atoms with Crippen molar-refractivity contribution in [3.05, 3.63) is 34.4 Å². The van der Waals surface area contributed by atoms with E-state index in [0.29, 0.717) is 10.8 Å². The number of benzene rings is 1. The van der Waals surface area contributed by atoms with Gasteiger partial charge in [0.15, 0.2) is 10.6 Å². The molecular weight excluding hydrogens is 237 g/mol. The minimum atomic E-state index is -0.240. The number of nitrogens with one attached hydrogen (secondary N) is 1. The highest BCUT2D eigenvalue weighted by Gasteiger charge is 2.27. The van der Waals surface area contributed by atoms with Crippen LogP contribution in [0.4, 0.5) is 4.39 Å². The lowest BCUT2D eigenvalue weighted by atomic mass is 10.1. The van der Waals surface area contributed by atoms with Gasteiger partial charge >= 0.3 is 0 Å². The lowest BCUT2D eigenvalue weighted by molar-refractivity contribution is 0.626. The molecule has 0 amide bonds. The molecule has 1 N–H and O–H groups in total. The SMILES string of the molecule is Cc1cc(F)cc(-c2n[nH]c(=S)n2C2CC2)c1. The molecule has 17 heavy (non-hydrogen) atoms. The largest absolute Gasteiger partial charge is 0.297 e. The number of rotatable bonds is 2. The van der Waals surface area contributed by atoms with E-state index >= 15 is 0 Å². The quantitative estimate of drug-likeness (QED) is 0.828. The molecule has 0 radical (unpaired) electrons. The van der Waals surface area contributed by atoms with Crippen LogP contribution in [0.1, 0.15) is 24.4 Å². The van der Waals surface area contributed by atoms with Crippen molar-refractivity contribution < 1.29 is 4.39 Å². The van der Waals surface area contributed by atoms with Crippen molar-refractivity contribution in [3.8, 4) is 11.4 Å². The first-order valence-corrected chi connectivity index (χ1v) is 6.00. The third-order valence-corrected chi connectivity index (χ3v) is 3.20. The highest BCUT2D eigenvalue weighted by Crippen LogP contribution is 2.38. The topological polar surface area (TPSA) is 33.6 Å². The van der Waals surface area contributed by atoms with Crippen LogP contribution in [0.25, 0.3) is 11.4 Å². The van der Waals surface area contributed by atoms with Crippen LogP contribution in [0.3, 0.4) is 0 Å². The Morgan fingerprint density at radius 2 is 2.18 bits per heavy atom. The zero-order valence-electron chi connectivity index (χ0n) is 9.40. The standard InChI is InChI=1S/C12H12FN3S/c1-7-4-8(6-9(13)5-7)11-14-15-12(17)16(11)10-2-3-10/h4-6,10H,2-3H2,1H3,(H,15,17). The fourth-order valence-corrected chi connectivity index (χ4v) is 2.33. The molecule has 3 nitrogen and oxygen atoms in total. The molecule has 1 heterocycles. The van der Waals surface area contributed by atoms with Gasteiger partial charge in [0, 0.05) is 11.6 Å². The second-order valence-electron chi connectivity index (χ2n) is 4.47. The molecule has 0 atom stereocenters. The van der Waals surface area contributed by atoms with Crippen molar-refractivity contribution in [2.45, 2.75) is 25.8 Å². The average molecular weight is 249 g/mol. The zero-order chi connectivity index (χ0) is 12.0. The number of aryl methyl sites for hydroxylation is 1. The lowest BCUT2D eigenvalue weighted by Crippen LogP contribution is -1.98. The molecule has 1 aromatic heterocycles. The Labute approximate surface area is 103 Å². The first kappa shape index (κ1) is 10.7. The van der Waals surface area contributed by atoms with E-state index in [2.05, 4.69) is 10.2 Å². The fraction of sp³-hybridized carbons (Fsp3) is 0.333. The Hall–Kier alpha value is -1.49. The molecule has 3 rings (SSSR count). The molecule has 0 spiro atoms. The molecule has 1 aliphatic carbocycles.